The van der Waals surface area contributed by atoms with Gasteiger partial charge in [0, 0.05) is 32.4 Å². The Labute approximate surface area is 120 Å². The van der Waals surface area contributed by atoms with Crippen molar-refractivity contribution < 1.29 is 4.79 Å². The molecular formula is C16H23N3O. The van der Waals surface area contributed by atoms with Crippen LogP contribution in [0.15, 0.2) is 24.3 Å². The lowest BCUT2D eigenvalue weighted by Crippen LogP contribution is -2.53. The zero-order chi connectivity index (χ0) is 14.1. The average molecular weight is 273 g/mol. The molecule has 0 aliphatic carbocycles. The van der Waals surface area contributed by atoms with Gasteiger partial charge < -0.3 is 15.1 Å². The zero-order valence-corrected chi connectivity index (χ0v) is 12.3. The first-order chi connectivity index (χ1) is 9.65. The molecule has 4 heteroatoms. The van der Waals surface area contributed by atoms with Gasteiger partial charge >= 0.3 is 0 Å². The summed E-state index contributed by atoms with van der Waals surface area (Å²) < 4.78 is 0. The van der Waals surface area contributed by atoms with Crippen LogP contribution in [0.1, 0.15) is 23.2 Å². The molecule has 1 unspecified atom stereocenters. The number of fused-ring (bicyclic) bond motifs is 3. The van der Waals surface area contributed by atoms with Crippen LogP contribution in [-0.4, -0.2) is 55.5 Å². The van der Waals surface area contributed by atoms with Crippen molar-refractivity contribution in [1.29, 1.82) is 0 Å². The van der Waals surface area contributed by atoms with Gasteiger partial charge in [-0.15, -0.1) is 0 Å². The van der Waals surface area contributed by atoms with Crippen molar-refractivity contribution >= 4 is 11.6 Å². The molecule has 3 fully saturated rings. The number of carbonyl (C=O) groups is 1. The lowest BCUT2D eigenvalue weighted by molar-refractivity contribution is 0.0827. The highest BCUT2D eigenvalue weighted by atomic mass is 16.2. The molecule has 2 bridgehead atoms. The summed E-state index contributed by atoms with van der Waals surface area (Å²) in [6.07, 6.45) is 2.56. The van der Waals surface area contributed by atoms with Crippen LogP contribution in [0.5, 0.6) is 0 Å². The second-order valence-electron chi connectivity index (χ2n) is 6.13. The van der Waals surface area contributed by atoms with Crippen LogP contribution in [-0.2, 0) is 0 Å². The molecule has 1 aromatic carbocycles. The van der Waals surface area contributed by atoms with E-state index in [1.54, 1.807) is 19.0 Å². The van der Waals surface area contributed by atoms with Gasteiger partial charge in [-0.05, 0) is 44.0 Å². The van der Waals surface area contributed by atoms with E-state index in [2.05, 4.69) is 10.2 Å². The maximum atomic E-state index is 12.2. The quantitative estimate of drug-likeness (QED) is 0.913. The average Bonchev–Trinajstić information content (AvgIpc) is 2.48. The first-order valence-electron chi connectivity index (χ1n) is 7.44. The first-order valence-corrected chi connectivity index (χ1v) is 7.44. The molecule has 108 valence electrons. The second-order valence-corrected chi connectivity index (χ2v) is 6.13. The topological polar surface area (TPSA) is 35.6 Å². The number of nitrogens with one attached hydrogen (secondary N) is 1. The summed E-state index contributed by atoms with van der Waals surface area (Å²) in [7, 11) is 3.60. The van der Waals surface area contributed by atoms with Gasteiger partial charge in [0.15, 0.2) is 0 Å². The fraction of sp³-hybridized carbons (Fsp3) is 0.562. The molecule has 0 aromatic heterocycles. The number of piperidine rings is 3. The number of anilines is 1. The van der Waals surface area contributed by atoms with E-state index in [1.807, 2.05) is 24.3 Å². The smallest absolute Gasteiger partial charge is 0.255 e. The summed E-state index contributed by atoms with van der Waals surface area (Å²) in [4.78, 5) is 16.4. The van der Waals surface area contributed by atoms with Crippen LogP contribution in [0.3, 0.4) is 0 Å². The van der Waals surface area contributed by atoms with Crippen LogP contribution in [0, 0.1) is 5.92 Å². The maximum Gasteiger partial charge on any atom is 0.255 e. The Hall–Kier alpha value is -1.55. The molecule has 3 heterocycles. The number of amides is 1. The molecular weight excluding hydrogens is 250 g/mol. The minimum absolute atomic E-state index is 0.0642. The molecule has 1 N–H and O–H groups in total. The Kier molecular flexibility index (Phi) is 3.66. The van der Waals surface area contributed by atoms with Gasteiger partial charge in [0.25, 0.3) is 5.91 Å². The normalized spacial score (nSPS) is 28.2. The molecule has 3 saturated heterocycles. The van der Waals surface area contributed by atoms with Crippen LogP contribution >= 0.6 is 0 Å². The van der Waals surface area contributed by atoms with Crippen molar-refractivity contribution in [2.24, 2.45) is 5.92 Å². The molecule has 3 aliphatic heterocycles. The molecule has 4 nitrogen and oxygen atoms in total. The Morgan fingerprint density at radius 2 is 1.95 bits per heavy atom. The van der Waals surface area contributed by atoms with Gasteiger partial charge in [0.05, 0.1) is 5.56 Å². The SMILES string of the molecule is CN(C)C(=O)c1ccccc1NC1CN2CCC1CC2. The fourth-order valence-electron chi connectivity index (χ4n) is 3.36. The molecule has 4 rings (SSSR count). The minimum atomic E-state index is 0.0642. The number of nitrogens with zero attached hydrogens (tertiary/aromatic N) is 2. The van der Waals surface area contributed by atoms with E-state index in [4.69, 9.17) is 0 Å². The highest BCUT2D eigenvalue weighted by Gasteiger charge is 2.34. The van der Waals surface area contributed by atoms with Crippen molar-refractivity contribution in [3.63, 3.8) is 0 Å². The molecule has 0 saturated carbocycles. The Balaban J connectivity index is 1.79. The lowest BCUT2D eigenvalue weighted by atomic mass is 9.84. The summed E-state index contributed by atoms with van der Waals surface area (Å²) in [5.41, 5.74) is 1.75. The number of benzene rings is 1. The fourth-order valence-corrected chi connectivity index (χ4v) is 3.36. The maximum absolute atomic E-state index is 12.2. The lowest BCUT2D eigenvalue weighted by Gasteiger charge is -2.45. The van der Waals surface area contributed by atoms with Gasteiger partial charge in [0.1, 0.15) is 0 Å². The van der Waals surface area contributed by atoms with E-state index < -0.39 is 0 Å². The van der Waals surface area contributed by atoms with Gasteiger partial charge in [-0.25, -0.2) is 0 Å². The van der Waals surface area contributed by atoms with Crippen molar-refractivity contribution in [2.45, 2.75) is 18.9 Å². The minimum Gasteiger partial charge on any atom is -0.380 e. The van der Waals surface area contributed by atoms with E-state index in [0.717, 1.165) is 23.7 Å². The molecule has 1 aromatic rings. The third kappa shape index (κ3) is 2.52. The third-order valence-corrected chi connectivity index (χ3v) is 4.56. The molecule has 0 spiro atoms. The number of hydrogen-bond donors (Lipinski definition) is 1. The number of para-hydroxylation sites is 1. The largest absolute Gasteiger partial charge is 0.380 e. The van der Waals surface area contributed by atoms with Crippen LogP contribution < -0.4 is 5.32 Å². The predicted octanol–water partition coefficient (Wildman–Crippen LogP) is 1.89. The van der Waals surface area contributed by atoms with Crippen molar-refractivity contribution in [2.75, 3.05) is 39.0 Å². The number of carbonyl (C=O) groups excluding carboxylic acids is 1. The standard InChI is InChI=1S/C16H23N3O/c1-18(2)16(20)13-5-3-4-6-14(13)17-15-11-19-9-7-12(15)8-10-19/h3-6,12,15,17H,7-11H2,1-2H3. The van der Waals surface area contributed by atoms with Crippen LogP contribution in [0.25, 0.3) is 0 Å². The number of rotatable bonds is 3. The summed E-state index contributed by atoms with van der Waals surface area (Å²) >= 11 is 0. The molecule has 1 amide bonds. The van der Waals surface area contributed by atoms with Crippen LogP contribution in [0.2, 0.25) is 0 Å². The summed E-state index contributed by atoms with van der Waals surface area (Å²) in [5.74, 6) is 0.817. The molecule has 0 radical (unpaired) electrons. The Morgan fingerprint density at radius 1 is 1.25 bits per heavy atom. The van der Waals surface area contributed by atoms with E-state index in [0.29, 0.717) is 6.04 Å². The summed E-state index contributed by atoms with van der Waals surface area (Å²) in [5, 5.41) is 3.63. The number of hydrogen-bond acceptors (Lipinski definition) is 3. The summed E-state index contributed by atoms with van der Waals surface area (Å²) in [6, 6.07) is 8.34. The monoisotopic (exact) mass is 273 g/mol. The Morgan fingerprint density at radius 3 is 2.55 bits per heavy atom. The van der Waals surface area contributed by atoms with Crippen LogP contribution in [0.4, 0.5) is 5.69 Å². The third-order valence-electron chi connectivity index (χ3n) is 4.56. The first kappa shape index (κ1) is 13.4. The van der Waals surface area contributed by atoms with Crippen molar-refractivity contribution in [1.82, 2.24) is 9.80 Å². The van der Waals surface area contributed by atoms with E-state index in [-0.39, 0.29) is 5.91 Å². The van der Waals surface area contributed by atoms with E-state index >= 15 is 0 Å². The Bertz CT molecular complexity index is 492. The molecule has 1 atom stereocenters. The molecule has 20 heavy (non-hydrogen) atoms. The van der Waals surface area contributed by atoms with Crippen molar-refractivity contribution in [3.8, 4) is 0 Å². The highest BCUT2D eigenvalue weighted by Crippen LogP contribution is 2.30. The zero-order valence-electron chi connectivity index (χ0n) is 12.3. The van der Waals surface area contributed by atoms with Crippen molar-refractivity contribution in [3.05, 3.63) is 29.8 Å². The second kappa shape index (κ2) is 5.44. The van der Waals surface area contributed by atoms with Gasteiger partial charge in [-0.2, -0.15) is 0 Å². The van der Waals surface area contributed by atoms with E-state index in [9.17, 15) is 4.79 Å². The molecule has 3 aliphatic rings. The van der Waals surface area contributed by atoms with E-state index in [1.165, 1.54) is 25.9 Å². The van der Waals surface area contributed by atoms with Gasteiger partial charge in [0.2, 0.25) is 0 Å². The highest BCUT2D eigenvalue weighted by molar-refractivity contribution is 5.99. The van der Waals surface area contributed by atoms with Gasteiger partial charge in [-0.3, -0.25) is 4.79 Å². The van der Waals surface area contributed by atoms with Gasteiger partial charge in [-0.1, -0.05) is 12.1 Å². The summed E-state index contributed by atoms with van der Waals surface area (Å²) in [6.45, 7) is 3.58. The predicted molar refractivity (Wildman–Crippen MR) is 81.0 cm³/mol.